The van der Waals surface area contributed by atoms with Crippen LogP contribution in [0.2, 0.25) is 10.0 Å². The zero-order chi connectivity index (χ0) is 21.6. The molecule has 0 aliphatic carbocycles. The molecule has 0 aromatic heterocycles. The molecule has 0 spiro atoms. The Kier molecular flexibility index (Phi) is 8.54. The van der Waals surface area contributed by atoms with Crippen molar-refractivity contribution in [2.45, 2.75) is 53.1 Å². The Balaban J connectivity index is 2.39. The zero-order valence-electron chi connectivity index (χ0n) is 17.4. The van der Waals surface area contributed by atoms with Crippen molar-refractivity contribution in [3.05, 3.63) is 68.7 Å². The highest BCUT2D eigenvalue weighted by molar-refractivity contribution is 6.36. The number of benzene rings is 2. The summed E-state index contributed by atoms with van der Waals surface area (Å²) in [5.74, 6) is -0.309. The van der Waals surface area contributed by atoms with Gasteiger partial charge in [-0.15, -0.1) is 0 Å². The predicted molar refractivity (Wildman–Crippen MR) is 119 cm³/mol. The van der Waals surface area contributed by atoms with E-state index in [2.05, 4.69) is 11.4 Å². The molecule has 0 heterocycles. The number of nitrogens with one attached hydrogen (secondary N) is 1. The lowest BCUT2D eigenvalue weighted by Gasteiger charge is -2.31. The highest BCUT2D eigenvalue weighted by Crippen LogP contribution is 2.27. The number of nitrogens with zero attached hydrogens (tertiary/aromatic N) is 1. The average Bonchev–Trinajstić information content (AvgIpc) is 2.63. The summed E-state index contributed by atoms with van der Waals surface area (Å²) >= 11 is 12.7. The average molecular weight is 435 g/mol. The van der Waals surface area contributed by atoms with Gasteiger partial charge < -0.3 is 10.2 Å². The van der Waals surface area contributed by atoms with Crippen LogP contribution in [0.4, 0.5) is 0 Å². The van der Waals surface area contributed by atoms with Crippen molar-refractivity contribution >= 4 is 35.0 Å². The maximum atomic E-state index is 13.3. The van der Waals surface area contributed by atoms with Gasteiger partial charge in [0.05, 0.1) is 6.42 Å². The molecule has 2 rings (SSSR count). The van der Waals surface area contributed by atoms with E-state index >= 15 is 0 Å². The Morgan fingerprint density at radius 1 is 1.03 bits per heavy atom. The molecule has 0 unspecified atom stereocenters. The van der Waals surface area contributed by atoms with Crippen LogP contribution in [0.5, 0.6) is 0 Å². The molecule has 4 nitrogen and oxygen atoms in total. The van der Waals surface area contributed by atoms with Crippen LogP contribution >= 0.6 is 23.2 Å². The van der Waals surface area contributed by atoms with E-state index < -0.39 is 6.04 Å². The van der Waals surface area contributed by atoms with E-state index in [1.54, 1.807) is 23.1 Å². The molecule has 1 N–H and O–H groups in total. The Labute approximate surface area is 183 Å². The molecule has 1 atom stereocenters. The van der Waals surface area contributed by atoms with Gasteiger partial charge in [0, 0.05) is 28.7 Å². The molecular weight excluding hydrogens is 407 g/mol. The second kappa shape index (κ2) is 10.7. The van der Waals surface area contributed by atoms with Gasteiger partial charge in [-0.1, -0.05) is 65.5 Å². The van der Waals surface area contributed by atoms with Crippen LogP contribution in [-0.4, -0.2) is 29.3 Å². The normalized spacial score (nSPS) is 11.8. The summed E-state index contributed by atoms with van der Waals surface area (Å²) in [6.45, 7) is 8.44. The second-order valence-corrected chi connectivity index (χ2v) is 8.03. The lowest BCUT2D eigenvalue weighted by atomic mass is 10.0. The topological polar surface area (TPSA) is 49.4 Å². The molecule has 0 saturated heterocycles. The highest BCUT2D eigenvalue weighted by Gasteiger charge is 2.29. The molecule has 29 heavy (non-hydrogen) atoms. The standard InChI is InChI=1S/C23H28Cl2N2O2/c1-5-21(23(29)26-6-2)27(14-18-19(24)8-7-9-20(18)25)22(28)13-17-11-15(3)10-16(4)12-17/h7-12,21H,5-6,13-14H2,1-4H3,(H,26,29)/t21-/m0/s1. The summed E-state index contributed by atoms with van der Waals surface area (Å²) in [4.78, 5) is 27.6. The van der Waals surface area contributed by atoms with Gasteiger partial charge in [-0.25, -0.2) is 0 Å². The van der Waals surface area contributed by atoms with Gasteiger partial charge in [-0.2, -0.15) is 0 Å². The fourth-order valence-corrected chi connectivity index (χ4v) is 4.03. The first kappa shape index (κ1) is 23.2. The molecule has 156 valence electrons. The van der Waals surface area contributed by atoms with Gasteiger partial charge in [-0.05, 0) is 44.9 Å². The highest BCUT2D eigenvalue weighted by atomic mass is 35.5. The number of amides is 2. The van der Waals surface area contributed by atoms with Gasteiger partial charge in [0.15, 0.2) is 0 Å². The maximum absolute atomic E-state index is 13.3. The van der Waals surface area contributed by atoms with Crippen molar-refractivity contribution in [1.82, 2.24) is 10.2 Å². The van der Waals surface area contributed by atoms with E-state index in [0.717, 1.165) is 16.7 Å². The third kappa shape index (κ3) is 6.22. The van der Waals surface area contributed by atoms with Crippen molar-refractivity contribution in [2.75, 3.05) is 6.54 Å². The number of hydrogen-bond donors (Lipinski definition) is 1. The third-order valence-electron chi connectivity index (χ3n) is 4.76. The summed E-state index contributed by atoms with van der Waals surface area (Å²) < 4.78 is 0. The van der Waals surface area contributed by atoms with Gasteiger partial charge in [0.1, 0.15) is 6.04 Å². The molecule has 0 saturated carbocycles. The molecule has 0 fully saturated rings. The molecule has 0 aliphatic heterocycles. The number of halogens is 2. The lowest BCUT2D eigenvalue weighted by Crippen LogP contribution is -2.49. The number of carbonyl (C=O) groups is 2. The second-order valence-electron chi connectivity index (χ2n) is 7.21. The van der Waals surface area contributed by atoms with Crippen LogP contribution in [0.15, 0.2) is 36.4 Å². The molecule has 0 bridgehead atoms. The van der Waals surface area contributed by atoms with Gasteiger partial charge in [0.2, 0.25) is 11.8 Å². The van der Waals surface area contributed by atoms with Gasteiger partial charge in [-0.3, -0.25) is 9.59 Å². The predicted octanol–water partition coefficient (Wildman–Crippen LogP) is 5.10. The van der Waals surface area contributed by atoms with Gasteiger partial charge >= 0.3 is 0 Å². The van der Waals surface area contributed by atoms with Crippen LogP contribution in [0, 0.1) is 13.8 Å². The number of hydrogen-bond acceptors (Lipinski definition) is 2. The van der Waals surface area contributed by atoms with Crippen molar-refractivity contribution in [1.29, 1.82) is 0 Å². The van der Waals surface area contributed by atoms with E-state index in [-0.39, 0.29) is 24.8 Å². The monoisotopic (exact) mass is 434 g/mol. The smallest absolute Gasteiger partial charge is 0.242 e. The zero-order valence-corrected chi connectivity index (χ0v) is 18.9. The number of carbonyl (C=O) groups excluding carboxylic acids is 2. The Morgan fingerprint density at radius 2 is 1.62 bits per heavy atom. The maximum Gasteiger partial charge on any atom is 0.242 e. The molecule has 0 aliphatic rings. The van der Waals surface area contributed by atoms with E-state index in [1.807, 2.05) is 39.8 Å². The summed E-state index contributed by atoms with van der Waals surface area (Å²) in [6.07, 6.45) is 0.701. The van der Waals surface area contributed by atoms with E-state index in [4.69, 9.17) is 23.2 Å². The van der Waals surface area contributed by atoms with Crippen LogP contribution < -0.4 is 5.32 Å². The largest absolute Gasteiger partial charge is 0.355 e. The summed E-state index contributed by atoms with van der Waals surface area (Å²) in [7, 11) is 0. The molecule has 2 aromatic carbocycles. The summed E-state index contributed by atoms with van der Waals surface area (Å²) in [5.41, 5.74) is 3.77. The van der Waals surface area contributed by atoms with Crippen molar-refractivity contribution in [2.24, 2.45) is 0 Å². The summed E-state index contributed by atoms with van der Waals surface area (Å²) in [6, 6.07) is 10.7. The number of likely N-dealkylation sites (N-methyl/N-ethyl adjacent to an activating group) is 1. The summed E-state index contributed by atoms with van der Waals surface area (Å²) in [5, 5.41) is 3.79. The van der Waals surface area contributed by atoms with Crippen molar-refractivity contribution in [3.63, 3.8) is 0 Å². The Bertz CT molecular complexity index is 843. The molecule has 6 heteroatoms. The molecule has 0 radical (unpaired) electrons. The number of aryl methyl sites for hydroxylation is 2. The first-order valence-corrected chi connectivity index (χ1v) is 10.6. The fourth-order valence-electron chi connectivity index (χ4n) is 3.51. The van der Waals surface area contributed by atoms with Crippen LogP contribution in [0.25, 0.3) is 0 Å². The van der Waals surface area contributed by atoms with Gasteiger partial charge in [0.25, 0.3) is 0 Å². The van der Waals surface area contributed by atoms with Crippen LogP contribution in [0.1, 0.15) is 42.5 Å². The molecule has 2 aromatic rings. The van der Waals surface area contributed by atoms with Crippen LogP contribution in [0.3, 0.4) is 0 Å². The van der Waals surface area contributed by atoms with Crippen molar-refractivity contribution in [3.8, 4) is 0 Å². The minimum Gasteiger partial charge on any atom is -0.355 e. The van der Waals surface area contributed by atoms with E-state index in [1.165, 1.54) is 0 Å². The SMILES string of the molecule is CCNC(=O)[C@H](CC)N(Cc1c(Cl)cccc1Cl)C(=O)Cc1cc(C)cc(C)c1. The van der Waals surface area contributed by atoms with E-state index in [0.29, 0.717) is 28.6 Å². The van der Waals surface area contributed by atoms with E-state index in [9.17, 15) is 9.59 Å². The number of rotatable bonds is 8. The first-order chi connectivity index (χ1) is 13.8. The fraction of sp³-hybridized carbons (Fsp3) is 0.391. The first-order valence-electron chi connectivity index (χ1n) is 9.84. The minimum absolute atomic E-state index is 0.135. The van der Waals surface area contributed by atoms with Crippen LogP contribution in [-0.2, 0) is 22.6 Å². The minimum atomic E-state index is -0.597. The van der Waals surface area contributed by atoms with Crippen molar-refractivity contribution < 1.29 is 9.59 Å². The molecule has 2 amide bonds. The lowest BCUT2D eigenvalue weighted by molar-refractivity contribution is -0.140. The Morgan fingerprint density at radius 3 is 2.14 bits per heavy atom. The quantitative estimate of drug-likeness (QED) is 0.628. The Hall–Kier alpha value is -2.04. The third-order valence-corrected chi connectivity index (χ3v) is 5.47. The molecular formula is C23H28Cl2N2O2.